The number of rotatable bonds is 5. The molecule has 7 nitrogen and oxygen atoms in total. The molecule has 2 aromatic carbocycles. The van der Waals surface area contributed by atoms with E-state index in [0.29, 0.717) is 13.0 Å². The second kappa shape index (κ2) is 7.41. The van der Waals surface area contributed by atoms with Gasteiger partial charge >= 0.3 is 5.97 Å². The summed E-state index contributed by atoms with van der Waals surface area (Å²) in [6.45, 7) is 0.231. The Morgan fingerprint density at radius 2 is 1.87 bits per heavy atom. The number of aromatic nitrogens is 1. The molecule has 1 aliphatic heterocycles. The van der Waals surface area contributed by atoms with Gasteiger partial charge in [-0.05, 0) is 36.8 Å². The first-order valence-corrected chi connectivity index (χ1v) is 10.9. The summed E-state index contributed by atoms with van der Waals surface area (Å²) in [5.41, 5.74) is 1.73. The average Bonchev–Trinajstić information content (AvgIpc) is 3.01. The highest BCUT2D eigenvalue weighted by atomic mass is 32.2. The molecule has 3 aromatic rings. The molecule has 4 rings (SSSR count). The van der Waals surface area contributed by atoms with Gasteiger partial charge in [0.25, 0.3) is 0 Å². The van der Waals surface area contributed by atoms with Crippen LogP contribution in [0.25, 0.3) is 10.9 Å². The fraction of sp³-hybridized carbons (Fsp3) is 0.286. The second-order valence-electron chi connectivity index (χ2n) is 7.51. The average molecular weight is 431 g/mol. The summed E-state index contributed by atoms with van der Waals surface area (Å²) >= 11 is 0. The zero-order chi connectivity index (χ0) is 21.6. The molecule has 0 bridgehead atoms. The monoisotopic (exact) mass is 431 g/mol. The molecule has 1 atom stereocenters. The molecule has 0 radical (unpaired) electrons. The Morgan fingerprint density at radius 3 is 2.53 bits per heavy atom. The summed E-state index contributed by atoms with van der Waals surface area (Å²) in [6.07, 6.45) is 0.448. The molecule has 158 valence electrons. The predicted octanol–water partition coefficient (Wildman–Crippen LogP) is 2.55. The highest BCUT2D eigenvalue weighted by Crippen LogP contribution is 2.37. The summed E-state index contributed by atoms with van der Waals surface area (Å²) in [5.74, 6) is -0.641. The number of carboxylic acid groups (broad SMARTS) is 1. The van der Waals surface area contributed by atoms with Crippen molar-refractivity contribution in [1.82, 2.24) is 8.87 Å². The molecular weight excluding hydrogens is 409 g/mol. The molecule has 0 aliphatic carbocycles. The maximum Gasteiger partial charge on any atom is 0.323 e. The normalized spacial score (nSPS) is 16.8. The molecule has 2 heterocycles. The minimum atomic E-state index is -3.81. The van der Waals surface area contributed by atoms with Gasteiger partial charge in [-0.1, -0.05) is 18.2 Å². The van der Waals surface area contributed by atoms with Crippen LogP contribution >= 0.6 is 0 Å². The molecule has 9 heteroatoms. The van der Waals surface area contributed by atoms with Crippen LogP contribution < -0.4 is 4.90 Å². The van der Waals surface area contributed by atoms with E-state index in [2.05, 4.69) is 0 Å². The van der Waals surface area contributed by atoms with Gasteiger partial charge < -0.3 is 14.6 Å². The number of hydrogen-bond donors (Lipinski definition) is 1. The Bertz CT molecular complexity index is 1220. The first kappa shape index (κ1) is 20.4. The molecular formula is C21H22FN3O4S. The van der Waals surface area contributed by atoms with Crippen LogP contribution in [0, 0.1) is 5.82 Å². The van der Waals surface area contributed by atoms with Crippen molar-refractivity contribution in [2.24, 2.45) is 0 Å². The van der Waals surface area contributed by atoms with Gasteiger partial charge in [-0.15, -0.1) is 0 Å². The Balaban J connectivity index is 1.75. The molecule has 0 fully saturated rings. The third-order valence-electron chi connectivity index (χ3n) is 5.63. The Hall–Kier alpha value is -2.91. The molecule has 1 N–H and O–H groups in total. The number of likely N-dealkylation sites (N-methyl/N-ethyl adjacent to an activating group) is 2. The molecule has 0 saturated carbocycles. The van der Waals surface area contributed by atoms with Crippen molar-refractivity contribution in [3.63, 3.8) is 0 Å². The van der Waals surface area contributed by atoms with E-state index < -0.39 is 21.8 Å². The lowest BCUT2D eigenvalue weighted by Crippen LogP contribution is -2.48. The number of carbonyl (C=O) groups is 1. The van der Waals surface area contributed by atoms with Crippen molar-refractivity contribution in [3.8, 4) is 0 Å². The lowest BCUT2D eigenvalue weighted by atomic mass is 10.00. The fourth-order valence-electron chi connectivity index (χ4n) is 4.21. The summed E-state index contributed by atoms with van der Waals surface area (Å²) in [4.78, 5) is 13.4. The van der Waals surface area contributed by atoms with E-state index in [1.54, 1.807) is 4.57 Å². The van der Waals surface area contributed by atoms with Crippen molar-refractivity contribution in [1.29, 1.82) is 0 Å². The summed E-state index contributed by atoms with van der Waals surface area (Å²) in [7, 11) is -0.447. The lowest BCUT2D eigenvalue weighted by Gasteiger charge is -2.37. The van der Waals surface area contributed by atoms with Crippen LogP contribution in [0.2, 0.25) is 0 Å². The van der Waals surface area contributed by atoms with Crippen molar-refractivity contribution < 1.29 is 22.7 Å². The lowest BCUT2D eigenvalue weighted by molar-refractivity contribution is -0.137. The zero-order valence-electron chi connectivity index (χ0n) is 16.6. The Morgan fingerprint density at radius 1 is 1.20 bits per heavy atom. The summed E-state index contributed by atoms with van der Waals surface area (Å²) < 4.78 is 42.5. The van der Waals surface area contributed by atoms with Gasteiger partial charge in [0.1, 0.15) is 18.2 Å². The van der Waals surface area contributed by atoms with Crippen molar-refractivity contribution in [2.45, 2.75) is 23.9 Å². The maximum atomic E-state index is 13.2. The van der Waals surface area contributed by atoms with Gasteiger partial charge in [0.05, 0.1) is 10.4 Å². The molecule has 0 saturated heterocycles. The number of carboxylic acids is 1. The minimum absolute atomic E-state index is 0.0353. The second-order valence-corrected chi connectivity index (χ2v) is 9.51. The number of aliphatic carboxylic acids is 1. The fourth-order valence-corrected chi connectivity index (χ4v) is 5.56. The molecule has 1 aliphatic rings. The number of para-hydroxylation sites is 1. The third kappa shape index (κ3) is 3.33. The van der Waals surface area contributed by atoms with Gasteiger partial charge in [-0.3, -0.25) is 4.79 Å². The van der Waals surface area contributed by atoms with E-state index in [4.69, 9.17) is 0 Å². The van der Waals surface area contributed by atoms with Crippen molar-refractivity contribution in [2.75, 3.05) is 25.5 Å². The first-order valence-electron chi connectivity index (χ1n) is 9.46. The van der Waals surface area contributed by atoms with Crippen LogP contribution in [0.5, 0.6) is 0 Å². The quantitative estimate of drug-likeness (QED) is 0.671. The number of halogens is 1. The molecule has 0 spiro atoms. The number of sulfonamides is 1. The largest absolute Gasteiger partial charge is 0.480 e. The van der Waals surface area contributed by atoms with Crippen LogP contribution in [0.15, 0.2) is 53.4 Å². The van der Waals surface area contributed by atoms with Crippen LogP contribution in [0.1, 0.15) is 5.56 Å². The van der Waals surface area contributed by atoms with Crippen LogP contribution in [0.3, 0.4) is 0 Å². The topological polar surface area (TPSA) is 82.9 Å². The van der Waals surface area contributed by atoms with Gasteiger partial charge in [-0.25, -0.2) is 12.8 Å². The SMILES string of the molecule is CN1C[C@@H](N(C)S(=O)(=O)c2ccc(F)cc2)Cc2c1n(CC(=O)O)c1ccccc21. The van der Waals surface area contributed by atoms with Crippen molar-refractivity contribution >= 4 is 32.7 Å². The first-order chi connectivity index (χ1) is 14.2. The van der Waals surface area contributed by atoms with E-state index in [1.165, 1.54) is 23.5 Å². The van der Waals surface area contributed by atoms with Gasteiger partial charge in [0.15, 0.2) is 0 Å². The van der Waals surface area contributed by atoms with E-state index in [9.17, 15) is 22.7 Å². The smallest absolute Gasteiger partial charge is 0.323 e. The summed E-state index contributed by atoms with van der Waals surface area (Å²) in [6, 6.07) is 12.0. The number of nitrogens with zero attached hydrogens (tertiary/aromatic N) is 3. The summed E-state index contributed by atoms with van der Waals surface area (Å²) in [5, 5.41) is 10.3. The number of benzene rings is 2. The predicted molar refractivity (Wildman–Crippen MR) is 112 cm³/mol. The van der Waals surface area contributed by atoms with E-state index in [-0.39, 0.29) is 17.5 Å². The van der Waals surface area contributed by atoms with Gasteiger partial charge in [-0.2, -0.15) is 4.31 Å². The van der Waals surface area contributed by atoms with Gasteiger partial charge in [0, 0.05) is 37.6 Å². The van der Waals surface area contributed by atoms with Crippen LogP contribution in [-0.2, 0) is 27.8 Å². The third-order valence-corrected chi connectivity index (χ3v) is 7.55. The number of fused-ring (bicyclic) bond motifs is 3. The van der Waals surface area contributed by atoms with E-state index in [0.717, 1.165) is 34.4 Å². The van der Waals surface area contributed by atoms with E-state index in [1.807, 2.05) is 36.2 Å². The standard InChI is InChI=1S/C21H22FN3O4S/c1-23-12-15(24(2)30(28,29)16-9-7-14(22)8-10-16)11-18-17-5-3-4-6-19(17)25(21(18)23)13-20(26)27/h3-10,15H,11-13H2,1-2H3,(H,26,27)/t15-/m0/s1. The molecule has 1 aromatic heterocycles. The Kier molecular flexibility index (Phi) is 5.03. The van der Waals surface area contributed by atoms with Crippen molar-refractivity contribution in [3.05, 3.63) is 59.9 Å². The van der Waals surface area contributed by atoms with Crippen LogP contribution in [0.4, 0.5) is 10.2 Å². The Labute approximate surface area is 174 Å². The van der Waals surface area contributed by atoms with E-state index >= 15 is 0 Å². The van der Waals surface area contributed by atoms with Gasteiger partial charge in [0.2, 0.25) is 10.0 Å². The zero-order valence-corrected chi connectivity index (χ0v) is 17.4. The molecule has 0 amide bonds. The molecule has 0 unspecified atom stereocenters. The number of hydrogen-bond acceptors (Lipinski definition) is 4. The highest BCUT2D eigenvalue weighted by molar-refractivity contribution is 7.89. The highest BCUT2D eigenvalue weighted by Gasteiger charge is 2.35. The maximum absolute atomic E-state index is 13.2. The molecule has 30 heavy (non-hydrogen) atoms. The minimum Gasteiger partial charge on any atom is -0.480 e. The number of anilines is 1. The van der Waals surface area contributed by atoms with Crippen LogP contribution in [-0.4, -0.2) is 55.0 Å².